The van der Waals surface area contributed by atoms with Crippen LogP contribution < -0.4 is 10.6 Å². The Morgan fingerprint density at radius 1 is 1.18 bits per heavy atom. The van der Waals surface area contributed by atoms with Gasteiger partial charge in [-0.15, -0.1) is 0 Å². The Hall–Kier alpha value is -3.41. The third-order valence-corrected chi connectivity index (χ3v) is 5.05. The fourth-order valence-corrected chi connectivity index (χ4v) is 3.42. The van der Waals surface area contributed by atoms with Gasteiger partial charge >= 0.3 is 0 Å². The molecule has 0 spiro atoms. The van der Waals surface area contributed by atoms with E-state index in [1.807, 2.05) is 53.2 Å². The van der Waals surface area contributed by atoms with E-state index in [0.29, 0.717) is 24.0 Å². The van der Waals surface area contributed by atoms with E-state index in [9.17, 15) is 4.79 Å². The second-order valence-electron chi connectivity index (χ2n) is 7.33. The van der Waals surface area contributed by atoms with Gasteiger partial charge in [-0.25, -0.2) is 9.97 Å². The molecule has 140 valence electrons. The van der Waals surface area contributed by atoms with Crippen molar-refractivity contribution in [3.05, 3.63) is 71.7 Å². The lowest BCUT2D eigenvalue weighted by Gasteiger charge is -2.11. The molecule has 0 unspecified atom stereocenters. The number of hydrogen-bond acceptors (Lipinski definition) is 4. The van der Waals surface area contributed by atoms with Crippen LogP contribution in [0.5, 0.6) is 0 Å². The maximum Gasteiger partial charge on any atom is 0.252 e. The van der Waals surface area contributed by atoms with Gasteiger partial charge in [0.1, 0.15) is 11.5 Å². The summed E-state index contributed by atoms with van der Waals surface area (Å²) in [4.78, 5) is 22.1. The van der Waals surface area contributed by atoms with Crippen LogP contribution in [0.15, 0.2) is 54.9 Å². The summed E-state index contributed by atoms with van der Waals surface area (Å²) in [6, 6.07) is 14.0. The second kappa shape index (κ2) is 6.64. The minimum Gasteiger partial charge on any atom is -0.364 e. The molecule has 0 aliphatic heterocycles. The number of aryl methyl sites for hydroxylation is 1. The molecule has 1 fully saturated rings. The van der Waals surface area contributed by atoms with E-state index < -0.39 is 0 Å². The number of carbonyl (C=O) groups excluding carboxylic acids is 1. The average molecular weight is 371 g/mol. The highest BCUT2D eigenvalue weighted by Gasteiger charge is 2.25. The topological polar surface area (TPSA) is 71.3 Å². The SMILES string of the molecule is Cc1cccn2cc(CNc3cc(C(=O)NC4CC4)c4ccccc4n3)nc12. The number of para-hydroxylation sites is 1. The third-order valence-electron chi connectivity index (χ3n) is 5.05. The number of carbonyl (C=O) groups is 1. The first-order valence-corrected chi connectivity index (χ1v) is 9.55. The van der Waals surface area contributed by atoms with E-state index in [1.54, 1.807) is 0 Å². The number of pyridine rings is 2. The summed E-state index contributed by atoms with van der Waals surface area (Å²) in [5.74, 6) is 0.640. The smallest absolute Gasteiger partial charge is 0.252 e. The van der Waals surface area contributed by atoms with Gasteiger partial charge in [0.05, 0.1) is 23.3 Å². The Bertz CT molecular complexity index is 1190. The zero-order valence-corrected chi connectivity index (χ0v) is 15.6. The number of rotatable bonds is 5. The summed E-state index contributed by atoms with van der Waals surface area (Å²) in [7, 11) is 0. The number of aromatic nitrogens is 3. The zero-order valence-electron chi connectivity index (χ0n) is 15.6. The molecule has 0 saturated heterocycles. The molecular formula is C22H21N5O. The molecule has 0 bridgehead atoms. The van der Waals surface area contributed by atoms with Crippen LogP contribution in [0.2, 0.25) is 0 Å². The third kappa shape index (κ3) is 3.17. The van der Waals surface area contributed by atoms with E-state index >= 15 is 0 Å². The molecule has 1 aliphatic rings. The molecule has 1 aliphatic carbocycles. The van der Waals surface area contributed by atoms with E-state index in [1.165, 1.54) is 0 Å². The number of nitrogens with one attached hydrogen (secondary N) is 2. The number of amides is 1. The lowest BCUT2D eigenvalue weighted by molar-refractivity contribution is 0.0952. The van der Waals surface area contributed by atoms with Crippen molar-refractivity contribution in [1.82, 2.24) is 19.7 Å². The van der Waals surface area contributed by atoms with Crippen molar-refractivity contribution in [2.45, 2.75) is 32.4 Å². The lowest BCUT2D eigenvalue weighted by Crippen LogP contribution is -2.25. The van der Waals surface area contributed by atoms with Gasteiger partial charge in [-0.05, 0) is 43.5 Å². The van der Waals surface area contributed by atoms with Gasteiger partial charge in [0.15, 0.2) is 0 Å². The molecule has 0 radical (unpaired) electrons. The molecule has 3 aromatic heterocycles. The monoisotopic (exact) mass is 371 g/mol. The van der Waals surface area contributed by atoms with Crippen LogP contribution in [0.4, 0.5) is 5.82 Å². The molecule has 28 heavy (non-hydrogen) atoms. The average Bonchev–Trinajstić information content (AvgIpc) is 3.41. The highest BCUT2D eigenvalue weighted by atomic mass is 16.1. The highest BCUT2D eigenvalue weighted by molar-refractivity contribution is 6.07. The fraction of sp³-hybridized carbons (Fsp3) is 0.227. The fourth-order valence-electron chi connectivity index (χ4n) is 3.42. The number of benzene rings is 1. The first-order valence-electron chi connectivity index (χ1n) is 9.55. The normalized spacial score (nSPS) is 13.8. The molecule has 2 N–H and O–H groups in total. The minimum absolute atomic E-state index is 0.0347. The number of anilines is 1. The molecule has 6 nitrogen and oxygen atoms in total. The summed E-state index contributed by atoms with van der Waals surface area (Å²) < 4.78 is 2.02. The van der Waals surface area contributed by atoms with Crippen LogP contribution in [0.3, 0.4) is 0 Å². The van der Waals surface area contributed by atoms with Gasteiger partial charge < -0.3 is 15.0 Å². The molecule has 3 heterocycles. The predicted octanol–water partition coefficient (Wildman–Crippen LogP) is 3.70. The molecule has 1 saturated carbocycles. The van der Waals surface area contributed by atoms with Crippen molar-refractivity contribution >= 4 is 28.3 Å². The Morgan fingerprint density at radius 3 is 2.86 bits per heavy atom. The first kappa shape index (κ1) is 16.7. The first-order chi connectivity index (χ1) is 13.7. The molecule has 4 aromatic rings. The number of fused-ring (bicyclic) bond motifs is 2. The van der Waals surface area contributed by atoms with Gasteiger partial charge in [0.25, 0.3) is 5.91 Å². The van der Waals surface area contributed by atoms with Crippen molar-refractivity contribution in [2.75, 3.05) is 5.32 Å². The van der Waals surface area contributed by atoms with E-state index in [-0.39, 0.29) is 5.91 Å². The van der Waals surface area contributed by atoms with Crippen LogP contribution in [0, 0.1) is 6.92 Å². The van der Waals surface area contributed by atoms with Crippen LogP contribution in [0.25, 0.3) is 16.6 Å². The number of imidazole rings is 1. The summed E-state index contributed by atoms with van der Waals surface area (Å²) in [5.41, 5.74) is 4.48. The van der Waals surface area contributed by atoms with Crippen LogP contribution in [-0.4, -0.2) is 26.3 Å². The van der Waals surface area contributed by atoms with Gasteiger partial charge in [0.2, 0.25) is 0 Å². The van der Waals surface area contributed by atoms with E-state index in [0.717, 1.165) is 40.6 Å². The van der Waals surface area contributed by atoms with E-state index in [2.05, 4.69) is 33.6 Å². The summed E-state index contributed by atoms with van der Waals surface area (Å²) in [6.07, 6.45) is 6.13. The van der Waals surface area contributed by atoms with Crippen molar-refractivity contribution in [2.24, 2.45) is 0 Å². The van der Waals surface area contributed by atoms with Crippen LogP contribution in [-0.2, 0) is 6.54 Å². The Kier molecular flexibility index (Phi) is 3.97. The summed E-state index contributed by atoms with van der Waals surface area (Å²) in [6.45, 7) is 2.59. The molecule has 0 atom stereocenters. The molecule has 5 rings (SSSR count). The van der Waals surface area contributed by atoms with Crippen molar-refractivity contribution in [3.8, 4) is 0 Å². The lowest BCUT2D eigenvalue weighted by atomic mass is 10.1. The summed E-state index contributed by atoms with van der Waals surface area (Å²) >= 11 is 0. The molecule has 1 aromatic carbocycles. The maximum atomic E-state index is 12.7. The summed E-state index contributed by atoms with van der Waals surface area (Å²) in [5, 5.41) is 7.28. The standard InChI is InChI=1S/C22H21N5O/c1-14-5-4-10-27-13-16(24-21(14)27)12-23-20-11-18(22(28)25-15-8-9-15)17-6-2-3-7-19(17)26-20/h2-7,10-11,13,15H,8-9,12H2,1H3,(H,23,26)(H,25,28). The highest BCUT2D eigenvalue weighted by Crippen LogP contribution is 2.24. The van der Waals surface area contributed by atoms with Crippen LogP contribution >= 0.6 is 0 Å². The van der Waals surface area contributed by atoms with Crippen molar-refractivity contribution in [1.29, 1.82) is 0 Å². The van der Waals surface area contributed by atoms with Crippen molar-refractivity contribution in [3.63, 3.8) is 0 Å². The molecule has 6 heteroatoms. The van der Waals surface area contributed by atoms with Crippen molar-refractivity contribution < 1.29 is 4.79 Å². The minimum atomic E-state index is -0.0347. The van der Waals surface area contributed by atoms with Gasteiger partial charge in [0, 0.05) is 23.8 Å². The van der Waals surface area contributed by atoms with Gasteiger partial charge in [-0.1, -0.05) is 24.3 Å². The van der Waals surface area contributed by atoms with Gasteiger partial charge in [-0.3, -0.25) is 4.79 Å². The Labute approximate surface area is 162 Å². The Balaban J connectivity index is 1.44. The molecule has 1 amide bonds. The second-order valence-corrected chi connectivity index (χ2v) is 7.33. The van der Waals surface area contributed by atoms with Gasteiger partial charge in [-0.2, -0.15) is 0 Å². The largest absolute Gasteiger partial charge is 0.364 e. The number of nitrogens with zero attached hydrogens (tertiary/aromatic N) is 3. The molecular weight excluding hydrogens is 350 g/mol. The quantitative estimate of drug-likeness (QED) is 0.561. The van der Waals surface area contributed by atoms with E-state index in [4.69, 9.17) is 0 Å². The van der Waals surface area contributed by atoms with Crippen LogP contribution in [0.1, 0.15) is 34.5 Å². The Morgan fingerprint density at radius 2 is 2.04 bits per heavy atom. The number of hydrogen-bond donors (Lipinski definition) is 2. The predicted molar refractivity (Wildman–Crippen MR) is 109 cm³/mol. The maximum absolute atomic E-state index is 12.7. The zero-order chi connectivity index (χ0) is 19.1.